The first-order valence-corrected chi connectivity index (χ1v) is 10.7. The molecule has 0 aliphatic rings. The summed E-state index contributed by atoms with van der Waals surface area (Å²) in [6.07, 6.45) is 0. The number of hydrogen-bond donors (Lipinski definition) is 2. The lowest BCUT2D eigenvalue weighted by Crippen LogP contribution is -2.23. The van der Waals surface area contributed by atoms with E-state index >= 15 is 0 Å². The van der Waals surface area contributed by atoms with Crippen molar-refractivity contribution in [2.24, 2.45) is 0 Å². The Morgan fingerprint density at radius 2 is 1.75 bits per heavy atom. The summed E-state index contributed by atoms with van der Waals surface area (Å²) >= 11 is 2.86. The van der Waals surface area contributed by atoms with Crippen LogP contribution in [0.5, 0.6) is 0 Å². The Morgan fingerprint density at radius 1 is 1.04 bits per heavy atom. The highest BCUT2D eigenvalue weighted by Gasteiger charge is 2.19. The summed E-state index contributed by atoms with van der Waals surface area (Å²) in [6, 6.07) is 12.2. The molecule has 28 heavy (non-hydrogen) atoms. The van der Waals surface area contributed by atoms with Gasteiger partial charge in [0.2, 0.25) is 11.0 Å². The standard InChI is InChI=1S/C21H24N4OS2/c1-12-7-6-8-17(11-12)22-20-24-25-21(28-20)27-16(5)19(26)23-18-14(3)9-13(2)10-15(18)4/h6-11,16H,1-5H3,(H,22,24)(H,23,26)/t16-/m1/s1. The van der Waals surface area contributed by atoms with E-state index in [0.717, 1.165) is 26.8 Å². The molecular formula is C21H24N4OS2. The highest BCUT2D eigenvalue weighted by molar-refractivity contribution is 8.02. The van der Waals surface area contributed by atoms with E-state index < -0.39 is 0 Å². The number of benzene rings is 2. The fourth-order valence-electron chi connectivity index (χ4n) is 2.96. The number of nitrogens with zero attached hydrogens (tertiary/aromatic N) is 2. The van der Waals surface area contributed by atoms with Gasteiger partial charge in [-0.05, 0) is 63.4 Å². The summed E-state index contributed by atoms with van der Waals surface area (Å²) in [5, 5.41) is 15.1. The van der Waals surface area contributed by atoms with Crippen LogP contribution in [0.4, 0.5) is 16.5 Å². The molecule has 0 bridgehead atoms. The zero-order valence-electron chi connectivity index (χ0n) is 16.7. The van der Waals surface area contributed by atoms with Crippen LogP contribution in [0.1, 0.15) is 29.2 Å². The van der Waals surface area contributed by atoms with Gasteiger partial charge in [-0.1, -0.05) is 52.9 Å². The maximum atomic E-state index is 12.7. The summed E-state index contributed by atoms with van der Waals surface area (Å²) in [5.41, 5.74) is 6.38. The number of carbonyl (C=O) groups excluding carboxylic acids is 1. The van der Waals surface area contributed by atoms with Crippen molar-refractivity contribution >= 4 is 45.5 Å². The van der Waals surface area contributed by atoms with Gasteiger partial charge >= 0.3 is 0 Å². The van der Waals surface area contributed by atoms with E-state index in [1.165, 1.54) is 34.2 Å². The van der Waals surface area contributed by atoms with Crippen molar-refractivity contribution in [1.82, 2.24) is 10.2 Å². The van der Waals surface area contributed by atoms with Crippen molar-refractivity contribution in [1.29, 1.82) is 0 Å². The Balaban J connectivity index is 1.62. The molecule has 5 nitrogen and oxygen atoms in total. The maximum absolute atomic E-state index is 12.7. The molecule has 1 amide bonds. The smallest absolute Gasteiger partial charge is 0.237 e. The van der Waals surface area contributed by atoms with Gasteiger partial charge in [-0.2, -0.15) is 0 Å². The van der Waals surface area contributed by atoms with Crippen LogP contribution >= 0.6 is 23.1 Å². The lowest BCUT2D eigenvalue weighted by molar-refractivity contribution is -0.115. The van der Waals surface area contributed by atoms with Crippen molar-refractivity contribution in [2.45, 2.75) is 44.2 Å². The van der Waals surface area contributed by atoms with Crippen LogP contribution in [0.3, 0.4) is 0 Å². The predicted octanol–water partition coefficient (Wildman–Crippen LogP) is 5.63. The van der Waals surface area contributed by atoms with Crippen LogP contribution in [0.15, 0.2) is 40.7 Å². The van der Waals surface area contributed by atoms with Crippen LogP contribution in [-0.4, -0.2) is 21.4 Å². The van der Waals surface area contributed by atoms with Crippen molar-refractivity contribution in [2.75, 3.05) is 10.6 Å². The van der Waals surface area contributed by atoms with Crippen LogP contribution in [0, 0.1) is 27.7 Å². The number of aromatic nitrogens is 2. The first-order valence-electron chi connectivity index (χ1n) is 9.04. The maximum Gasteiger partial charge on any atom is 0.237 e. The molecule has 146 valence electrons. The Bertz CT molecular complexity index is 977. The van der Waals surface area contributed by atoms with E-state index in [2.05, 4.69) is 46.0 Å². The van der Waals surface area contributed by atoms with Crippen molar-refractivity contribution in [3.05, 3.63) is 58.7 Å². The number of amides is 1. The second kappa shape index (κ2) is 8.75. The molecule has 0 fully saturated rings. The fraction of sp³-hybridized carbons (Fsp3) is 0.286. The second-order valence-corrected chi connectivity index (χ2v) is 9.46. The van der Waals surface area contributed by atoms with Gasteiger partial charge in [0.25, 0.3) is 0 Å². The Kier molecular flexibility index (Phi) is 6.36. The second-order valence-electron chi connectivity index (χ2n) is 6.89. The Labute approximate surface area is 174 Å². The molecule has 0 saturated carbocycles. The van der Waals surface area contributed by atoms with E-state index in [9.17, 15) is 4.79 Å². The van der Waals surface area contributed by atoms with E-state index in [0.29, 0.717) is 5.13 Å². The molecule has 7 heteroatoms. The van der Waals surface area contributed by atoms with E-state index in [1.807, 2.05) is 45.9 Å². The first kappa shape index (κ1) is 20.4. The third kappa shape index (κ3) is 5.11. The molecule has 1 atom stereocenters. The van der Waals surface area contributed by atoms with Crippen LogP contribution < -0.4 is 10.6 Å². The van der Waals surface area contributed by atoms with Gasteiger partial charge in [-0.25, -0.2) is 0 Å². The van der Waals surface area contributed by atoms with Crippen molar-refractivity contribution < 1.29 is 4.79 Å². The van der Waals surface area contributed by atoms with Gasteiger partial charge in [-0.3, -0.25) is 4.79 Å². The van der Waals surface area contributed by atoms with Gasteiger partial charge in [0.1, 0.15) is 0 Å². The first-order chi connectivity index (χ1) is 13.3. The molecule has 3 rings (SSSR count). The zero-order valence-corrected chi connectivity index (χ0v) is 18.3. The van der Waals surface area contributed by atoms with Crippen LogP contribution in [-0.2, 0) is 4.79 Å². The number of thioether (sulfide) groups is 1. The highest BCUT2D eigenvalue weighted by Crippen LogP contribution is 2.31. The van der Waals surface area contributed by atoms with Crippen LogP contribution in [0.2, 0.25) is 0 Å². The largest absolute Gasteiger partial charge is 0.330 e. The van der Waals surface area contributed by atoms with Crippen molar-refractivity contribution in [3.63, 3.8) is 0 Å². The molecule has 0 saturated heterocycles. The molecule has 0 aliphatic heterocycles. The topological polar surface area (TPSA) is 66.9 Å². The molecule has 2 aromatic carbocycles. The number of hydrogen-bond acceptors (Lipinski definition) is 6. The van der Waals surface area contributed by atoms with Gasteiger partial charge in [0.05, 0.1) is 5.25 Å². The molecular weight excluding hydrogens is 388 g/mol. The number of rotatable bonds is 6. The number of aryl methyl sites for hydroxylation is 4. The average molecular weight is 413 g/mol. The third-order valence-electron chi connectivity index (χ3n) is 4.25. The Hall–Kier alpha value is -2.38. The van der Waals surface area contributed by atoms with Crippen LogP contribution in [0.25, 0.3) is 0 Å². The predicted molar refractivity (Wildman–Crippen MR) is 119 cm³/mol. The number of nitrogens with one attached hydrogen (secondary N) is 2. The normalized spacial score (nSPS) is 11.9. The molecule has 0 aliphatic carbocycles. The molecule has 0 radical (unpaired) electrons. The summed E-state index contributed by atoms with van der Waals surface area (Å²) in [5.74, 6) is -0.0385. The van der Waals surface area contributed by atoms with Crippen molar-refractivity contribution in [3.8, 4) is 0 Å². The fourth-order valence-corrected chi connectivity index (χ4v) is 4.88. The lowest BCUT2D eigenvalue weighted by atomic mass is 10.1. The summed E-state index contributed by atoms with van der Waals surface area (Å²) < 4.78 is 0.759. The monoisotopic (exact) mass is 412 g/mol. The molecule has 1 heterocycles. The summed E-state index contributed by atoms with van der Waals surface area (Å²) in [4.78, 5) is 12.7. The third-order valence-corrected chi connectivity index (χ3v) is 6.27. The summed E-state index contributed by atoms with van der Waals surface area (Å²) in [6.45, 7) is 10.0. The zero-order chi connectivity index (χ0) is 20.3. The van der Waals surface area contributed by atoms with Gasteiger partial charge < -0.3 is 10.6 Å². The Morgan fingerprint density at radius 3 is 2.43 bits per heavy atom. The average Bonchev–Trinajstić information content (AvgIpc) is 3.04. The van der Waals surface area contributed by atoms with Gasteiger partial charge in [-0.15, -0.1) is 10.2 Å². The number of anilines is 3. The molecule has 3 aromatic rings. The molecule has 0 spiro atoms. The van der Waals surface area contributed by atoms with Gasteiger partial charge in [0, 0.05) is 11.4 Å². The minimum Gasteiger partial charge on any atom is -0.330 e. The highest BCUT2D eigenvalue weighted by atomic mass is 32.2. The lowest BCUT2D eigenvalue weighted by Gasteiger charge is -2.15. The SMILES string of the molecule is Cc1cccc(Nc2nnc(S[C@H](C)C(=O)Nc3c(C)cc(C)cc3C)s2)c1. The van der Waals surface area contributed by atoms with E-state index in [-0.39, 0.29) is 11.2 Å². The van der Waals surface area contributed by atoms with Gasteiger partial charge in [0.15, 0.2) is 4.34 Å². The molecule has 1 aromatic heterocycles. The minimum absolute atomic E-state index is 0.0385. The quantitative estimate of drug-likeness (QED) is 0.513. The molecule has 2 N–H and O–H groups in total. The minimum atomic E-state index is -0.278. The summed E-state index contributed by atoms with van der Waals surface area (Å²) in [7, 11) is 0. The van der Waals surface area contributed by atoms with E-state index in [4.69, 9.17) is 0 Å². The van der Waals surface area contributed by atoms with E-state index in [1.54, 1.807) is 0 Å². The molecule has 0 unspecified atom stereocenters. The number of carbonyl (C=O) groups is 1.